The van der Waals surface area contributed by atoms with Crippen LogP contribution in [0.1, 0.15) is 5.56 Å². The Balaban J connectivity index is 1.42. The Labute approximate surface area is 149 Å². The second-order valence-electron chi connectivity index (χ2n) is 6.53. The first-order chi connectivity index (χ1) is 12.1. The van der Waals surface area contributed by atoms with Crippen molar-refractivity contribution in [1.29, 1.82) is 0 Å². The summed E-state index contributed by atoms with van der Waals surface area (Å²) < 4.78 is 5.57. The molecule has 1 heterocycles. The standard InChI is InChI=1S/C20H26N2O3/c1-16-4-2-3-5-20(16)22-12-10-21(11-13-22)14-18(24)15-25-19-8-6-17(23)7-9-19/h2-9,18,23-24H,10-15H2,1H3/t18-/m0/s1. The van der Waals surface area contributed by atoms with Crippen LogP contribution in [0.4, 0.5) is 5.69 Å². The molecule has 1 aliphatic rings. The number of para-hydroxylation sites is 1. The van der Waals surface area contributed by atoms with Gasteiger partial charge in [0.15, 0.2) is 0 Å². The number of aliphatic hydroxyl groups excluding tert-OH is 1. The van der Waals surface area contributed by atoms with Crippen molar-refractivity contribution < 1.29 is 14.9 Å². The molecule has 0 unspecified atom stereocenters. The number of hydrogen-bond acceptors (Lipinski definition) is 5. The zero-order valence-electron chi connectivity index (χ0n) is 14.6. The van der Waals surface area contributed by atoms with E-state index in [-0.39, 0.29) is 12.4 Å². The zero-order valence-corrected chi connectivity index (χ0v) is 14.6. The van der Waals surface area contributed by atoms with Crippen molar-refractivity contribution in [3.05, 3.63) is 54.1 Å². The highest BCUT2D eigenvalue weighted by atomic mass is 16.5. The van der Waals surface area contributed by atoms with Crippen molar-refractivity contribution in [3.63, 3.8) is 0 Å². The fraction of sp³-hybridized carbons (Fsp3) is 0.400. The van der Waals surface area contributed by atoms with E-state index in [1.165, 1.54) is 11.3 Å². The normalized spacial score (nSPS) is 16.6. The number of phenols is 1. The number of aliphatic hydroxyl groups is 1. The van der Waals surface area contributed by atoms with Crippen LogP contribution in [0, 0.1) is 6.92 Å². The van der Waals surface area contributed by atoms with Gasteiger partial charge in [-0.25, -0.2) is 0 Å². The van der Waals surface area contributed by atoms with Crippen LogP contribution in [0.15, 0.2) is 48.5 Å². The largest absolute Gasteiger partial charge is 0.508 e. The van der Waals surface area contributed by atoms with Gasteiger partial charge in [-0.1, -0.05) is 18.2 Å². The number of phenolic OH excluding ortho intramolecular Hbond substituents is 1. The lowest BCUT2D eigenvalue weighted by Crippen LogP contribution is -2.49. The quantitative estimate of drug-likeness (QED) is 0.843. The second-order valence-corrected chi connectivity index (χ2v) is 6.53. The highest BCUT2D eigenvalue weighted by Crippen LogP contribution is 2.21. The molecule has 25 heavy (non-hydrogen) atoms. The summed E-state index contributed by atoms with van der Waals surface area (Å²) in [6.07, 6.45) is -0.529. The van der Waals surface area contributed by atoms with E-state index in [1.54, 1.807) is 24.3 Å². The summed E-state index contributed by atoms with van der Waals surface area (Å²) in [6, 6.07) is 15.0. The van der Waals surface area contributed by atoms with Crippen molar-refractivity contribution in [2.45, 2.75) is 13.0 Å². The third kappa shape index (κ3) is 4.87. The van der Waals surface area contributed by atoms with Crippen LogP contribution in [0.25, 0.3) is 0 Å². The molecule has 5 nitrogen and oxygen atoms in total. The molecule has 0 saturated carbocycles. The molecule has 3 rings (SSSR count). The number of aromatic hydroxyl groups is 1. The first-order valence-corrected chi connectivity index (χ1v) is 8.74. The zero-order chi connectivity index (χ0) is 17.6. The summed E-state index contributed by atoms with van der Waals surface area (Å²) in [5.74, 6) is 0.862. The number of anilines is 1. The Morgan fingerprint density at radius 1 is 1.00 bits per heavy atom. The minimum absolute atomic E-state index is 0.208. The SMILES string of the molecule is Cc1ccccc1N1CCN(C[C@H](O)COc2ccc(O)cc2)CC1. The van der Waals surface area contributed by atoms with Crippen molar-refractivity contribution >= 4 is 5.69 Å². The van der Waals surface area contributed by atoms with Gasteiger partial charge in [0.05, 0.1) is 0 Å². The monoisotopic (exact) mass is 342 g/mol. The lowest BCUT2D eigenvalue weighted by atomic mass is 10.1. The van der Waals surface area contributed by atoms with Crippen molar-refractivity contribution in [3.8, 4) is 11.5 Å². The van der Waals surface area contributed by atoms with E-state index in [1.807, 2.05) is 0 Å². The van der Waals surface area contributed by atoms with Crippen molar-refractivity contribution in [1.82, 2.24) is 4.90 Å². The van der Waals surface area contributed by atoms with Crippen LogP contribution in [-0.4, -0.2) is 60.5 Å². The molecule has 2 aromatic carbocycles. The van der Waals surface area contributed by atoms with Gasteiger partial charge < -0.3 is 19.8 Å². The van der Waals surface area contributed by atoms with Gasteiger partial charge in [0, 0.05) is 38.4 Å². The molecule has 5 heteroatoms. The van der Waals surface area contributed by atoms with Crippen LogP contribution in [0.2, 0.25) is 0 Å². The van der Waals surface area contributed by atoms with Crippen LogP contribution in [0.5, 0.6) is 11.5 Å². The fourth-order valence-corrected chi connectivity index (χ4v) is 3.18. The molecular formula is C20H26N2O3. The summed E-state index contributed by atoms with van der Waals surface area (Å²) in [5, 5.41) is 19.5. The highest BCUT2D eigenvalue weighted by molar-refractivity contribution is 5.53. The van der Waals surface area contributed by atoms with Gasteiger partial charge in [0.2, 0.25) is 0 Å². The molecule has 134 valence electrons. The Morgan fingerprint density at radius 2 is 1.68 bits per heavy atom. The third-order valence-corrected chi connectivity index (χ3v) is 4.58. The average molecular weight is 342 g/mol. The highest BCUT2D eigenvalue weighted by Gasteiger charge is 2.20. The summed E-state index contributed by atoms with van der Waals surface area (Å²) in [4.78, 5) is 4.69. The van der Waals surface area contributed by atoms with E-state index < -0.39 is 6.10 Å². The Bertz CT molecular complexity index is 667. The topological polar surface area (TPSA) is 56.2 Å². The molecule has 0 aromatic heterocycles. The molecule has 1 aliphatic heterocycles. The molecule has 0 spiro atoms. The van der Waals surface area contributed by atoms with Gasteiger partial charge in [-0.15, -0.1) is 0 Å². The summed E-state index contributed by atoms with van der Waals surface area (Å²) in [5.41, 5.74) is 2.61. The predicted octanol–water partition coefficient (Wildman–Crippen LogP) is 2.26. The molecule has 1 atom stereocenters. The van der Waals surface area contributed by atoms with Gasteiger partial charge in [0.1, 0.15) is 24.2 Å². The van der Waals surface area contributed by atoms with Gasteiger partial charge in [-0.3, -0.25) is 4.90 Å². The van der Waals surface area contributed by atoms with E-state index in [4.69, 9.17) is 4.74 Å². The minimum Gasteiger partial charge on any atom is -0.508 e. The predicted molar refractivity (Wildman–Crippen MR) is 99.4 cm³/mol. The van der Waals surface area contributed by atoms with E-state index in [0.29, 0.717) is 12.3 Å². The van der Waals surface area contributed by atoms with Gasteiger partial charge in [-0.05, 0) is 42.8 Å². The second kappa shape index (κ2) is 8.23. The van der Waals surface area contributed by atoms with E-state index in [0.717, 1.165) is 26.2 Å². The van der Waals surface area contributed by atoms with Gasteiger partial charge in [0.25, 0.3) is 0 Å². The molecule has 1 fully saturated rings. The summed E-state index contributed by atoms with van der Waals surface area (Å²) in [6.45, 7) is 6.82. The molecular weight excluding hydrogens is 316 g/mol. The van der Waals surface area contributed by atoms with Crippen LogP contribution < -0.4 is 9.64 Å². The Kier molecular flexibility index (Phi) is 5.79. The van der Waals surface area contributed by atoms with E-state index in [2.05, 4.69) is 41.0 Å². The van der Waals surface area contributed by atoms with Crippen LogP contribution in [0.3, 0.4) is 0 Å². The smallest absolute Gasteiger partial charge is 0.119 e. The first kappa shape index (κ1) is 17.6. The Morgan fingerprint density at radius 3 is 2.36 bits per heavy atom. The van der Waals surface area contributed by atoms with Crippen molar-refractivity contribution in [2.75, 3.05) is 44.2 Å². The number of β-amino-alcohol motifs (C(OH)–C–C–N with tert-alkyl or cyclic N) is 1. The maximum absolute atomic E-state index is 10.2. The maximum Gasteiger partial charge on any atom is 0.119 e. The van der Waals surface area contributed by atoms with E-state index in [9.17, 15) is 10.2 Å². The lowest BCUT2D eigenvalue weighted by molar-refractivity contribution is 0.0663. The molecule has 0 amide bonds. The van der Waals surface area contributed by atoms with Gasteiger partial charge >= 0.3 is 0 Å². The average Bonchev–Trinajstić information content (AvgIpc) is 2.62. The van der Waals surface area contributed by atoms with Crippen LogP contribution in [-0.2, 0) is 0 Å². The molecule has 0 radical (unpaired) electrons. The number of nitrogens with zero attached hydrogens (tertiary/aromatic N) is 2. The first-order valence-electron chi connectivity index (χ1n) is 8.74. The number of benzene rings is 2. The number of aryl methyl sites for hydroxylation is 1. The molecule has 2 N–H and O–H groups in total. The maximum atomic E-state index is 10.2. The number of piperazine rings is 1. The molecule has 0 bridgehead atoms. The minimum atomic E-state index is -0.529. The van der Waals surface area contributed by atoms with E-state index >= 15 is 0 Å². The number of hydrogen-bond donors (Lipinski definition) is 2. The summed E-state index contributed by atoms with van der Waals surface area (Å²) in [7, 11) is 0. The number of rotatable bonds is 6. The lowest BCUT2D eigenvalue weighted by Gasteiger charge is -2.37. The summed E-state index contributed by atoms with van der Waals surface area (Å²) >= 11 is 0. The van der Waals surface area contributed by atoms with Crippen LogP contribution >= 0.6 is 0 Å². The molecule has 0 aliphatic carbocycles. The molecule has 2 aromatic rings. The van der Waals surface area contributed by atoms with Gasteiger partial charge in [-0.2, -0.15) is 0 Å². The Hall–Kier alpha value is -2.24. The van der Waals surface area contributed by atoms with Crippen molar-refractivity contribution in [2.24, 2.45) is 0 Å². The fourth-order valence-electron chi connectivity index (χ4n) is 3.18. The third-order valence-electron chi connectivity index (χ3n) is 4.58. The number of ether oxygens (including phenoxy) is 1. The molecule has 1 saturated heterocycles.